The molecular weight excluding hydrogens is 740 g/mol. The molecule has 1 unspecified atom stereocenters. The molecule has 7 N–H and O–H groups in total. The number of rotatable bonds is 8. The molecule has 0 fully saturated rings. The van der Waals surface area contributed by atoms with E-state index in [1.807, 2.05) is 30.3 Å². The molecule has 0 radical (unpaired) electrons. The second-order valence-electron chi connectivity index (χ2n) is 9.18. The van der Waals surface area contributed by atoms with Gasteiger partial charge in [-0.25, -0.2) is 5.43 Å². The van der Waals surface area contributed by atoms with Crippen LogP contribution >= 0.6 is 44.1 Å². The molecule has 0 spiro atoms. The number of fused-ring (bicyclic) bond motifs is 1. The van der Waals surface area contributed by atoms with Gasteiger partial charge in [0.05, 0.1) is 15.6 Å². The molecule has 44 heavy (non-hydrogen) atoms. The Balaban J connectivity index is 1.48. The third-order valence-electron chi connectivity index (χ3n) is 6.12. The Morgan fingerprint density at radius 1 is 0.932 bits per heavy atom. The van der Waals surface area contributed by atoms with Crippen molar-refractivity contribution in [3.05, 3.63) is 92.9 Å². The minimum atomic E-state index is -4.36. The Hall–Kier alpha value is -4.09. The van der Waals surface area contributed by atoms with Gasteiger partial charge in [0, 0.05) is 21.4 Å². The summed E-state index contributed by atoms with van der Waals surface area (Å²) in [7, 11) is -4.36. The number of carbonyl (C=O) groups is 2. The summed E-state index contributed by atoms with van der Waals surface area (Å²) in [4.78, 5) is 26.1. The number of nitrogens with zero attached hydrogens (tertiary/aromatic N) is 1. The average molecular weight is 764 g/mol. The van der Waals surface area contributed by atoms with Crippen molar-refractivity contribution in [1.82, 2.24) is 16.3 Å². The quantitative estimate of drug-likeness (QED) is 0.0442. The predicted molar refractivity (Wildman–Crippen MR) is 179 cm³/mol. The Bertz CT molecular complexity index is 1890. The van der Waals surface area contributed by atoms with E-state index in [1.165, 1.54) is 30.5 Å². The fraction of sp³-hybridized carbons (Fsp3) is 0.0714. The SMILES string of the molecule is Cc1c(Br)cc(/C=N/NC(=O)C(Nc2ccc3ccccc3c2)C(=O)NNC(=S)Nc2ccc(S(=O)(=O)O)cc2)c(O)c1Br. The highest BCUT2D eigenvalue weighted by Crippen LogP contribution is 2.35. The van der Waals surface area contributed by atoms with E-state index in [4.69, 9.17) is 16.8 Å². The molecule has 4 rings (SSSR count). The number of phenolic OH excluding ortho intramolecular Hbond substituents is 1. The maximum Gasteiger partial charge on any atom is 0.294 e. The first-order valence-electron chi connectivity index (χ1n) is 12.5. The zero-order valence-electron chi connectivity index (χ0n) is 22.6. The molecule has 2 amide bonds. The molecule has 0 aliphatic rings. The van der Waals surface area contributed by atoms with Crippen molar-refractivity contribution >= 4 is 99.5 Å². The van der Waals surface area contributed by atoms with E-state index in [0.717, 1.165) is 16.3 Å². The summed E-state index contributed by atoms with van der Waals surface area (Å²) in [5.41, 5.74) is 9.08. The maximum absolute atomic E-state index is 13.2. The summed E-state index contributed by atoms with van der Waals surface area (Å²) < 4.78 is 32.8. The van der Waals surface area contributed by atoms with Crippen LogP contribution in [0.15, 0.2) is 91.7 Å². The second kappa shape index (κ2) is 14.1. The van der Waals surface area contributed by atoms with Crippen LogP contribution in [-0.2, 0) is 19.7 Å². The second-order valence-corrected chi connectivity index (χ2v) is 12.7. The highest BCUT2D eigenvalue weighted by Gasteiger charge is 2.27. The molecule has 228 valence electrons. The number of anilines is 2. The van der Waals surface area contributed by atoms with Gasteiger partial charge in [0.25, 0.3) is 21.9 Å². The average Bonchev–Trinajstić information content (AvgIpc) is 2.99. The van der Waals surface area contributed by atoms with Gasteiger partial charge in [-0.2, -0.15) is 13.5 Å². The minimum absolute atomic E-state index is 0.0770. The summed E-state index contributed by atoms with van der Waals surface area (Å²) >= 11 is 11.9. The first-order chi connectivity index (χ1) is 20.8. The van der Waals surface area contributed by atoms with Crippen molar-refractivity contribution < 1.29 is 27.7 Å². The molecule has 0 saturated heterocycles. The minimum Gasteiger partial charge on any atom is -0.506 e. The normalized spacial score (nSPS) is 12.0. The topological polar surface area (TPSA) is 181 Å². The van der Waals surface area contributed by atoms with Crippen LogP contribution in [-0.4, -0.2) is 47.3 Å². The van der Waals surface area contributed by atoms with Crippen LogP contribution in [0.25, 0.3) is 10.8 Å². The van der Waals surface area contributed by atoms with Crippen LogP contribution in [0.1, 0.15) is 11.1 Å². The van der Waals surface area contributed by atoms with Gasteiger partial charge < -0.3 is 15.7 Å². The van der Waals surface area contributed by atoms with E-state index in [1.54, 1.807) is 25.1 Å². The standard InChI is InChI=1S/C28H24Br2N6O6S2/c1-15-22(29)13-18(25(37)23(15)30)14-31-34-26(38)24(32-20-7-6-16-4-2-3-5-17(16)12-20)27(39)35-36-28(43)33-19-8-10-21(11-9-19)44(40,41)42/h2-14,24,32,37H,1H3,(H,34,38)(H,35,39)(H2,33,36,43)(H,40,41,42)/b31-14+. The van der Waals surface area contributed by atoms with Gasteiger partial charge in [-0.05, 0) is 93.9 Å². The lowest BCUT2D eigenvalue weighted by Crippen LogP contribution is -2.54. The van der Waals surface area contributed by atoms with E-state index in [9.17, 15) is 23.1 Å². The van der Waals surface area contributed by atoms with Crippen LogP contribution < -0.4 is 26.9 Å². The van der Waals surface area contributed by atoms with E-state index in [2.05, 4.69) is 63.9 Å². The molecular formula is C28H24Br2N6O6S2. The summed E-state index contributed by atoms with van der Waals surface area (Å²) in [5.74, 6) is -1.72. The molecule has 0 bridgehead atoms. The Labute approximate surface area is 274 Å². The molecule has 1 atom stereocenters. The van der Waals surface area contributed by atoms with E-state index in [0.29, 0.717) is 25.9 Å². The van der Waals surface area contributed by atoms with Crippen LogP contribution in [0.4, 0.5) is 11.4 Å². The van der Waals surface area contributed by atoms with E-state index >= 15 is 0 Å². The third kappa shape index (κ3) is 8.29. The Kier molecular flexibility index (Phi) is 10.5. The number of amides is 2. The number of phenols is 1. The molecule has 4 aromatic rings. The molecule has 16 heteroatoms. The van der Waals surface area contributed by atoms with Gasteiger partial charge in [0.1, 0.15) is 5.75 Å². The van der Waals surface area contributed by atoms with Crippen LogP contribution in [0.3, 0.4) is 0 Å². The first-order valence-corrected chi connectivity index (χ1v) is 16.0. The number of hydrazone groups is 1. The van der Waals surface area contributed by atoms with Gasteiger partial charge in [0.2, 0.25) is 0 Å². The Morgan fingerprint density at radius 2 is 1.59 bits per heavy atom. The molecule has 0 aliphatic heterocycles. The van der Waals surface area contributed by atoms with Crippen molar-refractivity contribution in [2.75, 3.05) is 10.6 Å². The van der Waals surface area contributed by atoms with Crippen LogP contribution in [0.2, 0.25) is 0 Å². The highest BCUT2D eigenvalue weighted by molar-refractivity contribution is 9.11. The van der Waals surface area contributed by atoms with Gasteiger partial charge in [-0.3, -0.25) is 25.0 Å². The number of halogens is 2. The number of hydrazine groups is 1. The highest BCUT2D eigenvalue weighted by atomic mass is 79.9. The Morgan fingerprint density at radius 3 is 2.27 bits per heavy atom. The van der Waals surface area contributed by atoms with Crippen LogP contribution in [0.5, 0.6) is 5.75 Å². The van der Waals surface area contributed by atoms with Crippen molar-refractivity contribution in [2.24, 2.45) is 5.10 Å². The number of hydrogen-bond acceptors (Lipinski definition) is 8. The van der Waals surface area contributed by atoms with E-state index in [-0.39, 0.29) is 15.8 Å². The van der Waals surface area contributed by atoms with E-state index < -0.39 is 28.0 Å². The first kappa shape index (κ1) is 32.8. The summed E-state index contributed by atoms with van der Waals surface area (Å²) in [6.07, 6.45) is 1.23. The van der Waals surface area contributed by atoms with Crippen LogP contribution in [0, 0.1) is 6.92 Å². The smallest absolute Gasteiger partial charge is 0.294 e. The van der Waals surface area contributed by atoms with Crippen molar-refractivity contribution in [3.8, 4) is 5.75 Å². The number of aromatic hydroxyl groups is 1. The number of thiocarbonyl (C=S) groups is 1. The zero-order chi connectivity index (χ0) is 32.0. The largest absolute Gasteiger partial charge is 0.506 e. The zero-order valence-corrected chi connectivity index (χ0v) is 27.4. The molecule has 0 aliphatic carbocycles. The summed E-state index contributed by atoms with van der Waals surface area (Å²) in [5, 5.41) is 21.7. The molecule has 0 heterocycles. The lowest BCUT2D eigenvalue weighted by molar-refractivity contribution is -0.130. The third-order valence-corrected chi connectivity index (χ3v) is 8.99. The maximum atomic E-state index is 13.2. The predicted octanol–water partition coefficient (Wildman–Crippen LogP) is 4.57. The van der Waals surface area contributed by atoms with Gasteiger partial charge in [-0.1, -0.05) is 46.3 Å². The summed E-state index contributed by atoms with van der Waals surface area (Å²) in [6, 6.07) is 18.1. The molecule has 4 aromatic carbocycles. The molecule has 0 saturated carbocycles. The van der Waals surface area contributed by atoms with Gasteiger partial charge >= 0.3 is 0 Å². The van der Waals surface area contributed by atoms with Crippen molar-refractivity contribution in [3.63, 3.8) is 0 Å². The lowest BCUT2D eigenvalue weighted by atomic mass is 10.1. The number of benzene rings is 4. The fourth-order valence-electron chi connectivity index (χ4n) is 3.81. The molecule has 0 aromatic heterocycles. The van der Waals surface area contributed by atoms with Crippen molar-refractivity contribution in [2.45, 2.75) is 17.9 Å². The van der Waals surface area contributed by atoms with Crippen molar-refractivity contribution in [1.29, 1.82) is 0 Å². The number of nitrogens with one attached hydrogen (secondary N) is 5. The number of hydrogen-bond donors (Lipinski definition) is 7. The lowest BCUT2D eigenvalue weighted by Gasteiger charge is -2.19. The van der Waals surface area contributed by atoms with Gasteiger partial charge in [0.15, 0.2) is 11.2 Å². The molecule has 12 nitrogen and oxygen atoms in total. The summed E-state index contributed by atoms with van der Waals surface area (Å²) in [6.45, 7) is 1.80. The number of carbonyl (C=O) groups excluding carboxylic acids is 2. The van der Waals surface area contributed by atoms with Gasteiger partial charge in [-0.15, -0.1) is 0 Å². The fourth-order valence-corrected chi connectivity index (χ4v) is 5.61. The monoisotopic (exact) mass is 762 g/mol.